The molecule has 0 fully saturated rings. The number of halogens is 1. The van der Waals surface area contributed by atoms with Crippen molar-refractivity contribution in [1.29, 1.82) is 0 Å². The van der Waals surface area contributed by atoms with Gasteiger partial charge in [-0.15, -0.1) is 0 Å². The Morgan fingerprint density at radius 1 is 1.04 bits per heavy atom. The van der Waals surface area contributed by atoms with Crippen LogP contribution >= 0.6 is 15.9 Å². The van der Waals surface area contributed by atoms with Crippen molar-refractivity contribution < 1.29 is 22.7 Å². The molecule has 2 amide bonds. The molecule has 0 radical (unpaired) electrons. The molecule has 0 saturated carbocycles. The van der Waals surface area contributed by atoms with E-state index in [0.29, 0.717) is 15.8 Å². The predicted molar refractivity (Wildman–Crippen MR) is 103 cm³/mol. The number of ether oxygens (including phenoxy) is 1. The topological polar surface area (TPSA) is 114 Å². The second-order valence-corrected chi connectivity index (χ2v) is 7.93. The second-order valence-electron chi connectivity index (χ2n) is 5.31. The van der Waals surface area contributed by atoms with E-state index in [-0.39, 0.29) is 17.9 Å². The summed E-state index contributed by atoms with van der Waals surface area (Å²) < 4.78 is 32.2. The zero-order valence-corrected chi connectivity index (χ0v) is 16.8. The average Bonchev–Trinajstić information content (AvgIpc) is 2.66. The van der Waals surface area contributed by atoms with E-state index in [1.807, 2.05) is 0 Å². The predicted octanol–water partition coefficient (Wildman–Crippen LogP) is 1.59. The molecule has 2 aromatic carbocycles. The summed E-state index contributed by atoms with van der Waals surface area (Å²) in [4.78, 5) is 23.8. The maximum atomic E-state index is 12.1. The number of carbonyl (C=O) groups is 2. The summed E-state index contributed by atoms with van der Waals surface area (Å²) in [5, 5.41) is 0. The molecule has 0 aliphatic rings. The lowest BCUT2D eigenvalue weighted by Crippen LogP contribution is -2.42. The summed E-state index contributed by atoms with van der Waals surface area (Å²) in [6.07, 6.45) is -0.147. The zero-order chi connectivity index (χ0) is 19.9. The number of hydrazine groups is 1. The SMILES string of the molecule is COc1ccc(S(=O)(=O)NCCC(=O)NNC(=O)c2ccccc2Br)cc1. The van der Waals surface area contributed by atoms with Crippen molar-refractivity contribution in [3.8, 4) is 5.75 Å². The molecule has 0 saturated heterocycles. The van der Waals surface area contributed by atoms with Crippen molar-refractivity contribution in [3.63, 3.8) is 0 Å². The van der Waals surface area contributed by atoms with Crippen LogP contribution in [0.15, 0.2) is 57.9 Å². The van der Waals surface area contributed by atoms with Gasteiger partial charge in [-0.1, -0.05) is 12.1 Å². The van der Waals surface area contributed by atoms with Crippen molar-refractivity contribution in [2.24, 2.45) is 0 Å². The van der Waals surface area contributed by atoms with Crippen LogP contribution in [0.2, 0.25) is 0 Å². The van der Waals surface area contributed by atoms with Gasteiger partial charge < -0.3 is 4.74 Å². The molecule has 0 aromatic heterocycles. The summed E-state index contributed by atoms with van der Waals surface area (Å²) >= 11 is 3.24. The smallest absolute Gasteiger partial charge is 0.270 e. The molecule has 10 heteroatoms. The number of amides is 2. The minimum absolute atomic E-state index is 0.0611. The van der Waals surface area contributed by atoms with Gasteiger partial charge in [0.2, 0.25) is 15.9 Å². The van der Waals surface area contributed by atoms with Crippen LogP contribution in [0.3, 0.4) is 0 Å². The molecule has 0 unspecified atom stereocenters. The Labute approximate surface area is 165 Å². The normalized spacial score (nSPS) is 10.9. The maximum absolute atomic E-state index is 12.1. The Balaban J connectivity index is 1.79. The van der Waals surface area contributed by atoms with E-state index >= 15 is 0 Å². The number of carbonyl (C=O) groups excluding carboxylic acids is 2. The summed E-state index contributed by atoms with van der Waals surface area (Å²) in [5.74, 6) is -0.489. The van der Waals surface area contributed by atoms with E-state index in [4.69, 9.17) is 4.74 Å². The monoisotopic (exact) mass is 455 g/mol. The third-order valence-corrected chi connectivity index (χ3v) is 5.62. The molecule has 27 heavy (non-hydrogen) atoms. The molecule has 8 nitrogen and oxygen atoms in total. The van der Waals surface area contributed by atoms with Gasteiger partial charge in [0, 0.05) is 17.4 Å². The van der Waals surface area contributed by atoms with Crippen molar-refractivity contribution >= 4 is 37.8 Å². The van der Waals surface area contributed by atoms with Gasteiger partial charge in [0.05, 0.1) is 17.6 Å². The number of sulfonamides is 1. The van der Waals surface area contributed by atoms with E-state index in [1.165, 1.54) is 31.4 Å². The number of rotatable bonds is 7. The van der Waals surface area contributed by atoms with Crippen molar-refractivity contribution in [1.82, 2.24) is 15.6 Å². The first-order valence-electron chi connectivity index (χ1n) is 7.81. The molecule has 0 aliphatic heterocycles. The minimum atomic E-state index is -3.74. The van der Waals surface area contributed by atoms with E-state index in [9.17, 15) is 18.0 Å². The molecule has 144 valence electrons. The van der Waals surface area contributed by atoms with Gasteiger partial charge in [0.1, 0.15) is 5.75 Å². The van der Waals surface area contributed by atoms with Crippen molar-refractivity contribution in [2.75, 3.05) is 13.7 Å². The number of nitrogens with one attached hydrogen (secondary N) is 3. The van der Waals surface area contributed by atoms with Crippen LogP contribution in [-0.2, 0) is 14.8 Å². The lowest BCUT2D eigenvalue weighted by Gasteiger charge is -2.10. The van der Waals surface area contributed by atoms with Crippen molar-refractivity contribution in [3.05, 3.63) is 58.6 Å². The first-order chi connectivity index (χ1) is 12.8. The number of methoxy groups -OCH3 is 1. The quantitative estimate of drug-likeness (QED) is 0.548. The Morgan fingerprint density at radius 3 is 2.33 bits per heavy atom. The molecule has 0 spiro atoms. The Kier molecular flexibility index (Phi) is 7.34. The molecule has 0 aliphatic carbocycles. The average molecular weight is 456 g/mol. The standard InChI is InChI=1S/C17H18BrN3O5S/c1-26-12-6-8-13(9-7-12)27(24,25)19-11-10-16(22)20-21-17(23)14-4-2-3-5-15(14)18/h2-9,19H,10-11H2,1H3,(H,20,22)(H,21,23). The highest BCUT2D eigenvalue weighted by molar-refractivity contribution is 9.10. The minimum Gasteiger partial charge on any atom is -0.497 e. The number of hydrogen-bond donors (Lipinski definition) is 3. The van der Waals surface area contributed by atoms with E-state index in [0.717, 1.165) is 0 Å². The van der Waals surface area contributed by atoms with Gasteiger partial charge in [0.15, 0.2) is 0 Å². The van der Waals surface area contributed by atoms with Gasteiger partial charge in [-0.05, 0) is 52.3 Å². The van der Waals surface area contributed by atoms with Crippen LogP contribution in [0.5, 0.6) is 5.75 Å². The third-order valence-electron chi connectivity index (χ3n) is 3.45. The number of benzene rings is 2. The fraction of sp³-hybridized carbons (Fsp3) is 0.176. The second kappa shape index (κ2) is 9.49. The lowest BCUT2D eigenvalue weighted by molar-refractivity contribution is -0.121. The van der Waals surface area contributed by atoms with Crippen LogP contribution < -0.4 is 20.3 Å². The fourth-order valence-corrected chi connectivity index (χ4v) is 3.54. The Hall–Kier alpha value is -2.43. The molecular weight excluding hydrogens is 438 g/mol. The molecule has 2 rings (SSSR count). The zero-order valence-electron chi connectivity index (χ0n) is 14.4. The summed E-state index contributed by atoms with van der Waals surface area (Å²) in [5.41, 5.74) is 4.87. The summed E-state index contributed by atoms with van der Waals surface area (Å²) in [6.45, 7) is -0.120. The summed E-state index contributed by atoms with van der Waals surface area (Å²) in [7, 11) is -2.26. The third kappa shape index (κ3) is 6.05. The maximum Gasteiger partial charge on any atom is 0.270 e. The van der Waals surface area contributed by atoms with Crippen LogP contribution in [0.1, 0.15) is 16.8 Å². The van der Waals surface area contributed by atoms with E-state index < -0.39 is 21.8 Å². The highest BCUT2D eigenvalue weighted by Gasteiger charge is 2.15. The molecule has 0 atom stereocenters. The Bertz CT molecular complexity index is 916. The first-order valence-corrected chi connectivity index (χ1v) is 10.1. The van der Waals surface area contributed by atoms with Gasteiger partial charge in [-0.2, -0.15) is 0 Å². The van der Waals surface area contributed by atoms with Crippen molar-refractivity contribution in [2.45, 2.75) is 11.3 Å². The number of hydrogen-bond acceptors (Lipinski definition) is 5. The van der Waals surface area contributed by atoms with E-state index in [1.54, 1.807) is 24.3 Å². The molecule has 0 heterocycles. The first kappa shape index (κ1) is 20.9. The largest absolute Gasteiger partial charge is 0.497 e. The lowest BCUT2D eigenvalue weighted by atomic mass is 10.2. The fourth-order valence-electron chi connectivity index (χ4n) is 2.04. The van der Waals surface area contributed by atoms with Gasteiger partial charge in [0.25, 0.3) is 5.91 Å². The van der Waals surface area contributed by atoms with Crippen LogP contribution in [-0.4, -0.2) is 33.9 Å². The molecule has 2 aromatic rings. The molecule has 3 N–H and O–H groups in total. The van der Waals surface area contributed by atoms with Gasteiger partial charge >= 0.3 is 0 Å². The highest BCUT2D eigenvalue weighted by atomic mass is 79.9. The highest BCUT2D eigenvalue weighted by Crippen LogP contribution is 2.16. The van der Waals surface area contributed by atoms with Crippen LogP contribution in [0.4, 0.5) is 0 Å². The van der Waals surface area contributed by atoms with Crippen LogP contribution in [0, 0.1) is 0 Å². The molecule has 0 bridgehead atoms. The van der Waals surface area contributed by atoms with Crippen LogP contribution in [0.25, 0.3) is 0 Å². The van der Waals surface area contributed by atoms with Gasteiger partial charge in [-0.3, -0.25) is 20.4 Å². The molecular formula is C17H18BrN3O5S. The van der Waals surface area contributed by atoms with E-state index in [2.05, 4.69) is 31.5 Å². The Morgan fingerprint density at radius 2 is 1.70 bits per heavy atom. The van der Waals surface area contributed by atoms with Gasteiger partial charge in [-0.25, -0.2) is 13.1 Å². The summed E-state index contributed by atoms with van der Waals surface area (Å²) in [6, 6.07) is 12.6.